The number of anilines is 1. The summed E-state index contributed by atoms with van der Waals surface area (Å²) >= 11 is 0. The number of nitrogens with one attached hydrogen (secondary N) is 5. The first-order valence-corrected chi connectivity index (χ1v) is 19.3. The number of nitrogens with zero attached hydrogens (tertiary/aromatic N) is 1. The molecule has 4 aromatic rings. The second kappa shape index (κ2) is 17.4. The summed E-state index contributed by atoms with van der Waals surface area (Å²) in [5.74, 6) is -24.8. The van der Waals surface area contributed by atoms with Gasteiger partial charge in [0.1, 0.15) is 6.04 Å². The molecule has 18 heteroatoms. The van der Waals surface area contributed by atoms with E-state index in [1.54, 1.807) is 18.2 Å². The third kappa shape index (κ3) is 9.22. The Bertz CT molecular complexity index is 2180. The highest BCUT2D eigenvalue weighted by molar-refractivity contribution is 5.99. The molecule has 1 saturated carbocycles. The van der Waals surface area contributed by atoms with Gasteiger partial charge in [0.15, 0.2) is 5.82 Å². The minimum atomic E-state index is -6.36. The fraction of sp³-hybridized carbons (Fsp3) is 0.439. The predicted molar refractivity (Wildman–Crippen MR) is 206 cm³/mol. The monoisotopic (exact) mass is 829 g/mol. The SMILES string of the molecule is Cc1cc(C(=O)NC2CCNCC2)ccc1-c1ccc(C[C@H](NC(=O)C2CCC(CN)CC2)C(=O)Nc2ccc3nc(C(F)(F)C(F)(F)C(F)(F)C(=O)O)[nH]c3c2)cc1. The first kappa shape index (κ1) is 43.1. The quantitative estimate of drug-likeness (QED) is 0.0765. The van der Waals surface area contributed by atoms with Crippen LogP contribution in [0.2, 0.25) is 0 Å². The maximum absolute atomic E-state index is 14.7. The third-order valence-electron chi connectivity index (χ3n) is 11.2. The molecule has 3 amide bonds. The number of carbonyl (C=O) groups excluding carboxylic acids is 3. The van der Waals surface area contributed by atoms with Crippen molar-refractivity contribution in [1.29, 1.82) is 0 Å². The minimum absolute atomic E-state index is 0.0281. The average molecular weight is 830 g/mol. The van der Waals surface area contributed by atoms with E-state index in [4.69, 9.17) is 10.8 Å². The van der Waals surface area contributed by atoms with Gasteiger partial charge >= 0.3 is 23.7 Å². The van der Waals surface area contributed by atoms with E-state index in [1.807, 2.05) is 36.2 Å². The molecule has 12 nitrogen and oxygen atoms in total. The molecular formula is C41H45F6N7O5. The van der Waals surface area contributed by atoms with Gasteiger partial charge in [-0.1, -0.05) is 30.3 Å². The average Bonchev–Trinajstić information content (AvgIpc) is 3.65. The molecule has 3 aromatic carbocycles. The Kier molecular flexibility index (Phi) is 12.7. The highest BCUT2D eigenvalue weighted by Gasteiger charge is 2.77. The van der Waals surface area contributed by atoms with Gasteiger partial charge in [0.25, 0.3) is 5.91 Å². The number of carboxylic acid groups (broad SMARTS) is 1. The number of alkyl halides is 6. The lowest BCUT2D eigenvalue weighted by atomic mass is 9.81. The van der Waals surface area contributed by atoms with Crippen molar-refractivity contribution in [3.05, 3.63) is 83.2 Å². The number of carboxylic acids is 1. The van der Waals surface area contributed by atoms with Crippen molar-refractivity contribution in [2.24, 2.45) is 17.6 Å². The fourth-order valence-electron chi connectivity index (χ4n) is 7.52. The van der Waals surface area contributed by atoms with Crippen LogP contribution >= 0.6 is 0 Å². The third-order valence-corrected chi connectivity index (χ3v) is 11.2. The molecule has 2 aliphatic rings. The van der Waals surface area contributed by atoms with E-state index in [0.29, 0.717) is 36.4 Å². The van der Waals surface area contributed by atoms with Crippen molar-refractivity contribution in [3.63, 3.8) is 0 Å². The molecule has 59 heavy (non-hydrogen) atoms. The summed E-state index contributed by atoms with van der Waals surface area (Å²) in [6.45, 7) is 4.11. The van der Waals surface area contributed by atoms with Crippen molar-refractivity contribution in [1.82, 2.24) is 25.9 Å². The lowest BCUT2D eigenvalue weighted by molar-refractivity contribution is -0.310. The first-order chi connectivity index (χ1) is 27.9. The van der Waals surface area contributed by atoms with Gasteiger partial charge in [0.2, 0.25) is 11.8 Å². The zero-order valence-corrected chi connectivity index (χ0v) is 32.0. The molecule has 2 fully saturated rings. The summed E-state index contributed by atoms with van der Waals surface area (Å²) in [5.41, 5.74) is 8.89. The highest BCUT2D eigenvalue weighted by Crippen LogP contribution is 2.50. The largest absolute Gasteiger partial charge is 0.477 e. The van der Waals surface area contributed by atoms with Gasteiger partial charge in [0.05, 0.1) is 11.0 Å². The van der Waals surface area contributed by atoms with Crippen LogP contribution in [0.25, 0.3) is 22.2 Å². The van der Waals surface area contributed by atoms with Crippen LogP contribution in [0, 0.1) is 18.8 Å². The van der Waals surface area contributed by atoms with Gasteiger partial charge in [-0.05, 0) is 124 Å². The summed E-state index contributed by atoms with van der Waals surface area (Å²) in [7, 11) is 0. The molecule has 6 rings (SSSR count). The molecule has 1 aliphatic carbocycles. The molecule has 1 aliphatic heterocycles. The Morgan fingerprint density at radius 3 is 2.20 bits per heavy atom. The molecule has 0 spiro atoms. The van der Waals surface area contributed by atoms with Gasteiger partial charge in [-0.3, -0.25) is 14.4 Å². The van der Waals surface area contributed by atoms with Crippen LogP contribution in [0.1, 0.15) is 65.8 Å². The Morgan fingerprint density at radius 1 is 0.898 bits per heavy atom. The van der Waals surface area contributed by atoms with Crippen LogP contribution in [0.4, 0.5) is 32.0 Å². The Labute approximate surface area is 335 Å². The fourth-order valence-corrected chi connectivity index (χ4v) is 7.52. The zero-order valence-electron chi connectivity index (χ0n) is 32.0. The summed E-state index contributed by atoms with van der Waals surface area (Å²) in [6.07, 6.45) is 4.41. The number of aromatic nitrogens is 2. The number of carbonyl (C=O) groups is 4. The Balaban J connectivity index is 1.19. The number of imidazole rings is 1. The first-order valence-electron chi connectivity index (χ1n) is 19.3. The number of amides is 3. The van der Waals surface area contributed by atoms with E-state index < -0.39 is 41.5 Å². The van der Waals surface area contributed by atoms with Crippen molar-refractivity contribution in [2.75, 3.05) is 25.0 Å². The summed E-state index contributed by atoms with van der Waals surface area (Å²) in [6, 6.07) is 15.1. The number of piperidine rings is 1. The van der Waals surface area contributed by atoms with Crippen molar-refractivity contribution in [2.45, 2.75) is 81.7 Å². The number of halogens is 6. The number of hydrogen-bond acceptors (Lipinski definition) is 7. The van der Waals surface area contributed by atoms with Gasteiger partial charge < -0.3 is 37.1 Å². The van der Waals surface area contributed by atoms with E-state index in [-0.39, 0.29) is 46.9 Å². The van der Waals surface area contributed by atoms with Crippen LogP contribution in [0.5, 0.6) is 0 Å². The van der Waals surface area contributed by atoms with Crippen LogP contribution in [-0.4, -0.2) is 82.3 Å². The molecule has 2 heterocycles. The van der Waals surface area contributed by atoms with E-state index in [1.165, 1.54) is 6.07 Å². The van der Waals surface area contributed by atoms with Crippen molar-refractivity contribution < 1.29 is 50.6 Å². The number of hydrogen-bond donors (Lipinski definition) is 7. The standard InChI is InChI=1S/C41H45F6N7O5/c1-22-18-27(35(56)50-28-14-16-49-17-15-28)10-12-30(22)25-6-2-23(3-7-25)19-33(52-34(55)26-8-4-24(21-48)5-9-26)36(57)51-29-11-13-31-32(20-29)54-37(53-31)39(42,43)41(46,47)40(44,45)38(58)59/h2-3,6-7,10-13,18,20,24,26,28,33,49H,4-5,8-9,14-17,19,21,48H2,1H3,(H,50,56)(H,51,57)(H,52,55)(H,53,54)(H,58,59)/t24?,26?,33-/m0/s1. The summed E-state index contributed by atoms with van der Waals surface area (Å²) in [5, 5.41) is 20.3. The van der Waals surface area contributed by atoms with E-state index in [9.17, 15) is 45.5 Å². The zero-order chi connectivity index (χ0) is 42.7. The lowest BCUT2D eigenvalue weighted by Crippen LogP contribution is -2.56. The smallest absolute Gasteiger partial charge is 0.411 e. The summed E-state index contributed by atoms with van der Waals surface area (Å²) in [4.78, 5) is 56.1. The molecule has 0 radical (unpaired) electrons. The van der Waals surface area contributed by atoms with Gasteiger partial charge in [-0.25, -0.2) is 9.78 Å². The Hall–Kier alpha value is -5.49. The molecular weight excluding hydrogens is 784 g/mol. The predicted octanol–water partition coefficient (Wildman–Crippen LogP) is 5.90. The maximum Gasteiger partial charge on any atom is 0.411 e. The number of nitrogens with two attached hydrogens (primary N) is 1. The minimum Gasteiger partial charge on any atom is -0.477 e. The number of fused-ring (bicyclic) bond motifs is 1. The molecule has 1 aromatic heterocycles. The molecule has 1 atom stereocenters. The van der Waals surface area contributed by atoms with Gasteiger partial charge in [0, 0.05) is 29.6 Å². The van der Waals surface area contributed by atoms with Crippen molar-refractivity contribution in [3.8, 4) is 11.1 Å². The van der Waals surface area contributed by atoms with Crippen LogP contribution in [-0.2, 0) is 26.7 Å². The lowest BCUT2D eigenvalue weighted by Gasteiger charge is -2.28. The van der Waals surface area contributed by atoms with Gasteiger partial charge in [-0.2, -0.15) is 26.3 Å². The molecule has 0 unspecified atom stereocenters. The van der Waals surface area contributed by atoms with Crippen LogP contribution < -0.4 is 27.0 Å². The van der Waals surface area contributed by atoms with Gasteiger partial charge in [-0.15, -0.1) is 0 Å². The summed E-state index contributed by atoms with van der Waals surface area (Å²) < 4.78 is 85.2. The van der Waals surface area contributed by atoms with Crippen LogP contribution in [0.15, 0.2) is 60.7 Å². The highest BCUT2D eigenvalue weighted by atomic mass is 19.3. The number of rotatable bonds is 14. The number of aromatic amines is 1. The molecule has 8 N–H and O–H groups in total. The van der Waals surface area contributed by atoms with E-state index >= 15 is 0 Å². The van der Waals surface area contributed by atoms with E-state index in [2.05, 4.69) is 26.3 Å². The second-order valence-corrected chi connectivity index (χ2v) is 15.3. The van der Waals surface area contributed by atoms with Crippen LogP contribution in [0.3, 0.4) is 0 Å². The molecule has 0 bridgehead atoms. The Morgan fingerprint density at radius 2 is 1.58 bits per heavy atom. The normalized spacial score (nSPS) is 18.6. The van der Waals surface area contributed by atoms with E-state index in [0.717, 1.165) is 67.6 Å². The molecule has 1 saturated heterocycles. The number of benzene rings is 3. The maximum atomic E-state index is 14.7. The topological polar surface area (TPSA) is 191 Å². The molecule has 316 valence electrons. The number of aryl methyl sites for hydroxylation is 1. The number of H-pyrrole nitrogens is 1. The van der Waals surface area contributed by atoms with Crippen molar-refractivity contribution >= 4 is 40.4 Å². The second-order valence-electron chi connectivity index (χ2n) is 15.3. The number of aliphatic carboxylic acids is 1.